The molecule has 0 aromatic carbocycles. The molecule has 0 aliphatic heterocycles. The van der Waals surface area contributed by atoms with Crippen LogP contribution in [0.15, 0.2) is 12.3 Å². The third kappa shape index (κ3) is 2.91. The van der Waals surface area contributed by atoms with E-state index in [9.17, 15) is 20.0 Å². The first-order valence-corrected chi connectivity index (χ1v) is 6.55. The summed E-state index contributed by atoms with van der Waals surface area (Å²) in [6, 6.07) is 2.91. The molecule has 2 N–H and O–H groups in total. The maximum Gasteiger partial charge on any atom is 0.329 e. The van der Waals surface area contributed by atoms with Gasteiger partial charge in [-0.1, -0.05) is 19.3 Å². The minimum atomic E-state index is -1.16. The monoisotopic (exact) mass is 290 g/mol. The van der Waals surface area contributed by atoms with Gasteiger partial charge in [0.25, 0.3) is 5.69 Å². The number of pyridine rings is 1. The summed E-state index contributed by atoms with van der Waals surface area (Å²) in [7, 11) is 0. The highest BCUT2D eigenvalue weighted by Gasteiger charge is 2.40. The fraction of sp³-hybridized carbons (Fsp3) is 0.462. The summed E-state index contributed by atoms with van der Waals surface area (Å²) in [5.41, 5.74) is -1.49. The van der Waals surface area contributed by atoms with E-state index in [1.165, 1.54) is 0 Å². The molecule has 2 rings (SSSR count). The Bertz CT molecular complexity index is 617. The van der Waals surface area contributed by atoms with Crippen molar-refractivity contribution in [1.29, 1.82) is 5.26 Å². The first-order valence-electron chi connectivity index (χ1n) is 6.55. The van der Waals surface area contributed by atoms with Crippen molar-refractivity contribution in [3.63, 3.8) is 0 Å². The predicted molar refractivity (Wildman–Crippen MR) is 72.7 cm³/mol. The summed E-state index contributed by atoms with van der Waals surface area (Å²) in [5.74, 6) is -0.918. The molecule has 0 spiro atoms. The first kappa shape index (κ1) is 14.7. The zero-order chi connectivity index (χ0) is 15.5. The summed E-state index contributed by atoms with van der Waals surface area (Å²) in [6.45, 7) is 0. The lowest BCUT2D eigenvalue weighted by atomic mass is 9.81. The van der Waals surface area contributed by atoms with Crippen molar-refractivity contribution < 1.29 is 14.8 Å². The minimum Gasteiger partial charge on any atom is -0.480 e. The smallest absolute Gasteiger partial charge is 0.329 e. The van der Waals surface area contributed by atoms with Crippen LogP contribution in [-0.2, 0) is 4.79 Å². The summed E-state index contributed by atoms with van der Waals surface area (Å²) in [5, 5.41) is 32.1. The molecule has 0 unspecified atom stereocenters. The molecule has 1 saturated carbocycles. The zero-order valence-corrected chi connectivity index (χ0v) is 11.2. The van der Waals surface area contributed by atoms with Crippen LogP contribution in [0.2, 0.25) is 0 Å². The minimum absolute atomic E-state index is 0.0320. The van der Waals surface area contributed by atoms with Crippen LogP contribution in [0.3, 0.4) is 0 Å². The van der Waals surface area contributed by atoms with Gasteiger partial charge in [0, 0.05) is 6.07 Å². The number of nitrogens with zero attached hydrogens (tertiary/aromatic N) is 3. The molecule has 110 valence electrons. The third-order valence-corrected chi connectivity index (χ3v) is 3.68. The van der Waals surface area contributed by atoms with Crippen molar-refractivity contribution in [3.8, 4) is 6.07 Å². The van der Waals surface area contributed by atoms with Gasteiger partial charge >= 0.3 is 5.97 Å². The Kier molecular flexibility index (Phi) is 4.03. The van der Waals surface area contributed by atoms with E-state index >= 15 is 0 Å². The molecule has 1 aromatic heterocycles. The Morgan fingerprint density at radius 3 is 2.67 bits per heavy atom. The van der Waals surface area contributed by atoms with Crippen LogP contribution in [0.25, 0.3) is 0 Å². The Morgan fingerprint density at radius 1 is 1.48 bits per heavy atom. The highest BCUT2D eigenvalue weighted by Crippen LogP contribution is 2.32. The largest absolute Gasteiger partial charge is 0.480 e. The number of carboxylic acid groups (broad SMARTS) is 1. The molecule has 1 heterocycles. The second-order valence-electron chi connectivity index (χ2n) is 5.03. The van der Waals surface area contributed by atoms with Gasteiger partial charge in [0.2, 0.25) is 0 Å². The molecule has 1 fully saturated rings. The van der Waals surface area contributed by atoms with E-state index in [1.54, 1.807) is 0 Å². The van der Waals surface area contributed by atoms with Crippen molar-refractivity contribution in [1.82, 2.24) is 4.98 Å². The molecular weight excluding hydrogens is 276 g/mol. The number of aliphatic carboxylic acids is 1. The highest BCUT2D eigenvalue weighted by atomic mass is 16.6. The molecule has 0 bridgehead atoms. The van der Waals surface area contributed by atoms with E-state index in [0.717, 1.165) is 31.5 Å². The van der Waals surface area contributed by atoms with Gasteiger partial charge in [0.05, 0.1) is 4.92 Å². The van der Waals surface area contributed by atoms with E-state index in [2.05, 4.69) is 10.3 Å². The molecule has 0 amide bonds. The molecule has 21 heavy (non-hydrogen) atoms. The van der Waals surface area contributed by atoms with E-state index in [4.69, 9.17) is 5.26 Å². The Morgan fingerprint density at radius 2 is 2.14 bits per heavy atom. The van der Waals surface area contributed by atoms with E-state index in [1.807, 2.05) is 6.07 Å². The average Bonchev–Trinajstić information content (AvgIpc) is 2.48. The van der Waals surface area contributed by atoms with Gasteiger partial charge in [0.1, 0.15) is 29.2 Å². The normalized spacial score (nSPS) is 16.7. The number of anilines is 1. The van der Waals surface area contributed by atoms with Gasteiger partial charge in [-0.05, 0) is 12.8 Å². The number of carbonyl (C=O) groups is 1. The molecule has 0 atom stereocenters. The topological polar surface area (TPSA) is 129 Å². The quantitative estimate of drug-likeness (QED) is 0.641. The number of aromatic nitrogens is 1. The lowest BCUT2D eigenvalue weighted by molar-refractivity contribution is -0.385. The molecule has 8 heteroatoms. The summed E-state index contributed by atoms with van der Waals surface area (Å²) in [4.78, 5) is 25.5. The van der Waals surface area contributed by atoms with Crippen LogP contribution in [0.1, 0.15) is 37.7 Å². The lowest BCUT2D eigenvalue weighted by Crippen LogP contribution is -2.48. The summed E-state index contributed by atoms with van der Waals surface area (Å²) < 4.78 is 0. The van der Waals surface area contributed by atoms with Gasteiger partial charge < -0.3 is 10.4 Å². The average molecular weight is 290 g/mol. The fourth-order valence-corrected chi connectivity index (χ4v) is 2.51. The second-order valence-corrected chi connectivity index (χ2v) is 5.03. The SMILES string of the molecule is N#Cc1cc([N+](=O)[O-])cnc1NC1(C(=O)O)CCCCC1. The van der Waals surface area contributed by atoms with Crippen molar-refractivity contribution in [2.24, 2.45) is 0 Å². The Hall–Kier alpha value is -2.69. The highest BCUT2D eigenvalue weighted by molar-refractivity contribution is 5.83. The fourth-order valence-electron chi connectivity index (χ4n) is 2.51. The summed E-state index contributed by atoms with van der Waals surface area (Å²) >= 11 is 0. The van der Waals surface area contributed by atoms with Gasteiger partial charge in [0.15, 0.2) is 0 Å². The second kappa shape index (κ2) is 5.75. The summed E-state index contributed by atoms with van der Waals surface area (Å²) in [6.07, 6.45) is 4.40. The van der Waals surface area contributed by atoms with Crippen LogP contribution < -0.4 is 5.32 Å². The van der Waals surface area contributed by atoms with E-state index in [0.29, 0.717) is 12.8 Å². The Labute approximate surface area is 120 Å². The molecule has 1 aliphatic carbocycles. The molecule has 0 saturated heterocycles. The van der Waals surface area contributed by atoms with Gasteiger partial charge in [-0.25, -0.2) is 9.78 Å². The van der Waals surface area contributed by atoms with Crippen LogP contribution in [0.5, 0.6) is 0 Å². The number of carboxylic acids is 1. The number of rotatable bonds is 4. The van der Waals surface area contributed by atoms with Gasteiger partial charge in [-0.3, -0.25) is 10.1 Å². The molecule has 0 radical (unpaired) electrons. The van der Waals surface area contributed by atoms with Crippen LogP contribution >= 0.6 is 0 Å². The molecular formula is C13H14N4O4. The Balaban J connectivity index is 2.35. The van der Waals surface area contributed by atoms with Crippen molar-refractivity contribution in [2.45, 2.75) is 37.6 Å². The van der Waals surface area contributed by atoms with Crippen LogP contribution in [-0.4, -0.2) is 26.5 Å². The first-order chi connectivity index (χ1) is 9.98. The number of nitro groups is 1. The van der Waals surface area contributed by atoms with Crippen molar-refractivity contribution >= 4 is 17.5 Å². The molecule has 1 aromatic rings. The standard InChI is InChI=1S/C13H14N4O4/c14-7-9-6-10(17(20)21)8-15-11(9)16-13(12(18)19)4-2-1-3-5-13/h6,8H,1-5H2,(H,15,16)(H,18,19). The van der Waals surface area contributed by atoms with E-state index < -0.39 is 16.4 Å². The lowest BCUT2D eigenvalue weighted by Gasteiger charge is -2.34. The third-order valence-electron chi connectivity index (χ3n) is 3.68. The van der Waals surface area contributed by atoms with Crippen LogP contribution in [0.4, 0.5) is 11.5 Å². The van der Waals surface area contributed by atoms with Crippen molar-refractivity contribution in [2.75, 3.05) is 5.32 Å². The maximum absolute atomic E-state index is 11.6. The number of hydrogen-bond donors (Lipinski definition) is 2. The van der Waals surface area contributed by atoms with E-state index in [-0.39, 0.29) is 17.1 Å². The van der Waals surface area contributed by atoms with Gasteiger partial charge in [-0.15, -0.1) is 0 Å². The predicted octanol–water partition coefficient (Wildman–Crippen LogP) is 2.06. The van der Waals surface area contributed by atoms with Crippen molar-refractivity contribution in [3.05, 3.63) is 27.9 Å². The maximum atomic E-state index is 11.6. The number of nitriles is 1. The van der Waals surface area contributed by atoms with Crippen LogP contribution in [0, 0.1) is 21.4 Å². The number of nitrogens with one attached hydrogen (secondary N) is 1. The zero-order valence-electron chi connectivity index (χ0n) is 11.2. The molecule has 8 nitrogen and oxygen atoms in total. The molecule has 1 aliphatic rings. The number of hydrogen-bond acceptors (Lipinski definition) is 6. The van der Waals surface area contributed by atoms with Gasteiger partial charge in [-0.2, -0.15) is 5.26 Å².